The maximum atomic E-state index is 4.47. The first-order chi connectivity index (χ1) is 9.90. The van der Waals surface area contributed by atoms with Crippen LogP contribution in [0.1, 0.15) is 43.0 Å². The van der Waals surface area contributed by atoms with E-state index >= 15 is 0 Å². The van der Waals surface area contributed by atoms with E-state index in [1.54, 1.807) is 0 Å². The molecule has 1 aromatic heterocycles. The molecule has 2 atom stereocenters. The van der Waals surface area contributed by atoms with Crippen LogP contribution >= 0.6 is 11.3 Å². The molecule has 0 N–H and O–H groups in total. The first-order valence-electron chi connectivity index (χ1n) is 8.26. The largest absolute Gasteiger partial charge is 0.302 e. The predicted octanol–water partition coefficient (Wildman–Crippen LogP) is 2.81. The van der Waals surface area contributed by atoms with Crippen molar-refractivity contribution in [2.45, 2.75) is 44.1 Å². The molecule has 1 aromatic rings. The lowest BCUT2D eigenvalue weighted by atomic mass is 9.82. The molecule has 20 heavy (non-hydrogen) atoms. The second-order valence-corrected chi connectivity index (χ2v) is 7.71. The maximum Gasteiger partial charge on any atom is 0.0981 e. The van der Waals surface area contributed by atoms with Crippen molar-refractivity contribution in [3.05, 3.63) is 16.6 Å². The van der Waals surface area contributed by atoms with Crippen LogP contribution in [0.5, 0.6) is 0 Å². The number of likely N-dealkylation sites (tertiary alicyclic amines) is 1. The first-order valence-corrected chi connectivity index (χ1v) is 9.14. The van der Waals surface area contributed by atoms with Gasteiger partial charge in [0.1, 0.15) is 0 Å². The van der Waals surface area contributed by atoms with E-state index in [0.29, 0.717) is 0 Å². The highest BCUT2D eigenvalue weighted by molar-refractivity contribution is 7.09. The highest BCUT2D eigenvalue weighted by atomic mass is 32.1. The molecule has 0 unspecified atom stereocenters. The van der Waals surface area contributed by atoms with Gasteiger partial charge in [0.25, 0.3) is 0 Å². The van der Waals surface area contributed by atoms with Gasteiger partial charge < -0.3 is 9.80 Å². The molecule has 0 amide bonds. The van der Waals surface area contributed by atoms with Gasteiger partial charge in [-0.25, -0.2) is 4.98 Å². The number of piperidine rings is 2. The van der Waals surface area contributed by atoms with E-state index < -0.39 is 0 Å². The zero-order valence-corrected chi connectivity index (χ0v) is 13.0. The molecule has 0 spiro atoms. The summed E-state index contributed by atoms with van der Waals surface area (Å²) in [6.45, 7) is 6.56. The van der Waals surface area contributed by atoms with Gasteiger partial charge in [-0.05, 0) is 44.7 Å². The van der Waals surface area contributed by atoms with Gasteiger partial charge in [-0.2, -0.15) is 0 Å². The van der Waals surface area contributed by atoms with Crippen molar-refractivity contribution in [1.29, 1.82) is 0 Å². The van der Waals surface area contributed by atoms with Crippen LogP contribution in [0.4, 0.5) is 0 Å². The smallest absolute Gasteiger partial charge is 0.0981 e. The Labute approximate surface area is 126 Å². The van der Waals surface area contributed by atoms with Gasteiger partial charge >= 0.3 is 0 Å². The Hall–Kier alpha value is -0.450. The van der Waals surface area contributed by atoms with Crippen LogP contribution in [0, 0.1) is 5.92 Å². The fourth-order valence-corrected chi connectivity index (χ4v) is 5.16. The van der Waals surface area contributed by atoms with E-state index in [9.17, 15) is 0 Å². The Balaban J connectivity index is 1.31. The topological polar surface area (TPSA) is 19.4 Å². The molecule has 3 fully saturated rings. The van der Waals surface area contributed by atoms with Crippen molar-refractivity contribution in [2.75, 3.05) is 32.7 Å². The highest BCUT2D eigenvalue weighted by Crippen LogP contribution is 2.34. The molecule has 0 aromatic carbocycles. The number of fused-ring (bicyclic) bond motifs is 1. The average molecular weight is 291 g/mol. The predicted molar refractivity (Wildman–Crippen MR) is 83.2 cm³/mol. The van der Waals surface area contributed by atoms with Crippen LogP contribution < -0.4 is 0 Å². The summed E-state index contributed by atoms with van der Waals surface area (Å²) in [6.07, 6.45) is 9.17. The van der Waals surface area contributed by atoms with E-state index in [2.05, 4.69) is 20.2 Å². The molecular weight excluding hydrogens is 266 g/mol. The Kier molecular flexibility index (Phi) is 3.80. The Morgan fingerprint density at radius 3 is 2.90 bits per heavy atom. The summed E-state index contributed by atoms with van der Waals surface area (Å²) in [5.41, 5.74) is 0. The lowest BCUT2D eigenvalue weighted by Crippen LogP contribution is -2.54. The highest BCUT2D eigenvalue weighted by Gasteiger charge is 2.37. The SMILES string of the molecule is c1csc(C2CN(C[C@@H]3CCCN4CCCC[C@H]34)C2)n1. The van der Waals surface area contributed by atoms with Crippen LogP contribution in [0.2, 0.25) is 0 Å². The summed E-state index contributed by atoms with van der Waals surface area (Å²) in [6, 6.07) is 0.899. The third-order valence-electron chi connectivity index (χ3n) is 5.48. The Morgan fingerprint density at radius 1 is 1.15 bits per heavy atom. The van der Waals surface area contributed by atoms with E-state index in [1.807, 2.05) is 17.5 Å². The van der Waals surface area contributed by atoms with Crippen molar-refractivity contribution in [3.8, 4) is 0 Å². The van der Waals surface area contributed by atoms with Crippen molar-refractivity contribution in [3.63, 3.8) is 0 Å². The van der Waals surface area contributed by atoms with E-state index in [4.69, 9.17) is 0 Å². The minimum absolute atomic E-state index is 0.723. The van der Waals surface area contributed by atoms with Crippen molar-refractivity contribution >= 4 is 11.3 Å². The minimum Gasteiger partial charge on any atom is -0.302 e. The van der Waals surface area contributed by atoms with Crippen LogP contribution in [0.15, 0.2) is 11.6 Å². The standard InChI is InChI=1S/C16H25N3S/c1-2-7-19-8-3-4-13(15(19)5-1)10-18-11-14(12-18)16-17-6-9-20-16/h6,9,13-15H,1-5,7-8,10-12H2/t13-,15+/m0/s1. The zero-order valence-electron chi connectivity index (χ0n) is 12.2. The molecule has 3 aliphatic rings. The number of hydrogen-bond donors (Lipinski definition) is 0. The molecule has 4 heteroatoms. The molecule has 3 saturated heterocycles. The summed E-state index contributed by atoms with van der Waals surface area (Å²) in [5.74, 6) is 1.65. The number of hydrogen-bond acceptors (Lipinski definition) is 4. The van der Waals surface area contributed by atoms with Crippen LogP contribution in [-0.4, -0.2) is 53.5 Å². The molecule has 110 valence electrons. The molecule has 3 nitrogen and oxygen atoms in total. The fraction of sp³-hybridized carbons (Fsp3) is 0.812. The van der Waals surface area contributed by atoms with Gasteiger partial charge in [-0.15, -0.1) is 11.3 Å². The Bertz CT molecular complexity index is 425. The van der Waals surface area contributed by atoms with Gasteiger partial charge in [-0.3, -0.25) is 0 Å². The molecule has 0 aliphatic carbocycles. The van der Waals surface area contributed by atoms with Gasteiger partial charge in [0.2, 0.25) is 0 Å². The summed E-state index contributed by atoms with van der Waals surface area (Å²) in [5, 5.41) is 3.46. The molecule has 4 heterocycles. The zero-order chi connectivity index (χ0) is 13.4. The van der Waals surface area contributed by atoms with Gasteiger partial charge in [0, 0.05) is 43.2 Å². The van der Waals surface area contributed by atoms with Gasteiger partial charge in [0.05, 0.1) is 5.01 Å². The first kappa shape index (κ1) is 13.2. The molecule has 0 radical (unpaired) electrons. The fourth-order valence-electron chi connectivity index (χ4n) is 4.43. The van der Waals surface area contributed by atoms with E-state index in [-0.39, 0.29) is 0 Å². The van der Waals surface area contributed by atoms with Crippen LogP contribution in [0.3, 0.4) is 0 Å². The summed E-state index contributed by atoms with van der Waals surface area (Å²) in [4.78, 5) is 9.93. The number of nitrogens with zero attached hydrogens (tertiary/aromatic N) is 3. The lowest BCUT2D eigenvalue weighted by Gasteiger charge is -2.48. The van der Waals surface area contributed by atoms with Crippen LogP contribution in [-0.2, 0) is 0 Å². The molecule has 3 aliphatic heterocycles. The van der Waals surface area contributed by atoms with Gasteiger partial charge in [0.15, 0.2) is 0 Å². The molecule has 4 rings (SSSR count). The van der Waals surface area contributed by atoms with Crippen LogP contribution in [0.25, 0.3) is 0 Å². The molecular formula is C16H25N3S. The minimum atomic E-state index is 0.723. The van der Waals surface area contributed by atoms with E-state index in [1.165, 1.54) is 69.8 Å². The monoisotopic (exact) mass is 291 g/mol. The van der Waals surface area contributed by atoms with Gasteiger partial charge in [-0.1, -0.05) is 6.42 Å². The second-order valence-electron chi connectivity index (χ2n) is 6.79. The lowest BCUT2D eigenvalue weighted by molar-refractivity contribution is 0.0227. The summed E-state index contributed by atoms with van der Waals surface area (Å²) < 4.78 is 0. The molecule has 0 saturated carbocycles. The summed E-state index contributed by atoms with van der Waals surface area (Å²) in [7, 11) is 0. The average Bonchev–Trinajstić information content (AvgIpc) is 2.96. The Morgan fingerprint density at radius 2 is 2.05 bits per heavy atom. The normalized spacial score (nSPS) is 32.8. The quantitative estimate of drug-likeness (QED) is 0.853. The number of rotatable bonds is 3. The van der Waals surface area contributed by atoms with Crippen molar-refractivity contribution < 1.29 is 0 Å². The third kappa shape index (κ3) is 2.53. The second kappa shape index (κ2) is 5.74. The number of aromatic nitrogens is 1. The number of thiazole rings is 1. The third-order valence-corrected chi connectivity index (χ3v) is 6.42. The maximum absolute atomic E-state index is 4.47. The summed E-state index contributed by atoms with van der Waals surface area (Å²) >= 11 is 1.83. The molecule has 0 bridgehead atoms. The van der Waals surface area contributed by atoms with Crippen molar-refractivity contribution in [1.82, 2.24) is 14.8 Å². The van der Waals surface area contributed by atoms with E-state index in [0.717, 1.165) is 17.9 Å². The van der Waals surface area contributed by atoms with Crippen molar-refractivity contribution in [2.24, 2.45) is 5.92 Å².